The Labute approximate surface area is 185 Å². The molecule has 4 aromatic rings. The molecule has 0 radical (unpaired) electrons. The van der Waals surface area contributed by atoms with Crippen molar-refractivity contribution >= 4 is 22.9 Å². The lowest BCUT2D eigenvalue weighted by Gasteiger charge is -2.08. The standard InChI is InChI=1S/C25H23N3O2S/c1-2-3-14-30-22-11-9-18(10-12-22)24(29)27-21-8-4-6-19(15-21)23-17-31-25(28-23)20-7-5-13-26-16-20/h4-13,15-17H,2-3,14H2,1H3,(H,27,29). The van der Waals surface area contributed by atoms with E-state index < -0.39 is 0 Å². The third-order valence-electron chi connectivity index (χ3n) is 4.71. The van der Waals surface area contributed by atoms with Crippen LogP contribution in [0, 0.1) is 0 Å². The Morgan fingerprint density at radius 3 is 2.68 bits per heavy atom. The van der Waals surface area contributed by atoms with E-state index in [2.05, 4.69) is 17.2 Å². The summed E-state index contributed by atoms with van der Waals surface area (Å²) in [7, 11) is 0. The first-order valence-electron chi connectivity index (χ1n) is 10.2. The van der Waals surface area contributed by atoms with Crippen LogP contribution < -0.4 is 10.1 Å². The molecular formula is C25H23N3O2S. The van der Waals surface area contributed by atoms with E-state index >= 15 is 0 Å². The molecule has 1 N–H and O–H groups in total. The van der Waals surface area contributed by atoms with Crippen molar-refractivity contribution in [2.75, 3.05) is 11.9 Å². The quantitative estimate of drug-likeness (QED) is 0.334. The zero-order chi connectivity index (χ0) is 21.5. The zero-order valence-electron chi connectivity index (χ0n) is 17.2. The number of anilines is 1. The van der Waals surface area contributed by atoms with Gasteiger partial charge < -0.3 is 10.1 Å². The van der Waals surface area contributed by atoms with E-state index in [1.54, 1.807) is 35.9 Å². The molecule has 4 rings (SSSR count). The van der Waals surface area contributed by atoms with Gasteiger partial charge in [0, 0.05) is 40.2 Å². The van der Waals surface area contributed by atoms with Gasteiger partial charge in [0.25, 0.3) is 5.91 Å². The Hall–Kier alpha value is -3.51. The fraction of sp³-hybridized carbons (Fsp3) is 0.160. The van der Waals surface area contributed by atoms with Gasteiger partial charge in [-0.05, 0) is 55.0 Å². The molecule has 0 saturated heterocycles. The van der Waals surface area contributed by atoms with Crippen LogP contribution in [0.15, 0.2) is 78.4 Å². The number of rotatable bonds is 8. The number of carbonyl (C=O) groups excluding carboxylic acids is 1. The lowest BCUT2D eigenvalue weighted by Crippen LogP contribution is -2.11. The molecule has 1 amide bonds. The fourth-order valence-electron chi connectivity index (χ4n) is 3.02. The van der Waals surface area contributed by atoms with Gasteiger partial charge in [-0.3, -0.25) is 9.78 Å². The summed E-state index contributed by atoms with van der Waals surface area (Å²) >= 11 is 1.57. The molecule has 156 valence electrons. The summed E-state index contributed by atoms with van der Waals surface area (Å²) in [5, 5.41) is 5.89. The van der Waals surface area contributed by atoms with E-state index in [1.165, 1.54) is 0 Å². The molecule has 2 aromatic carbocycles. The van der Waals surface area contributed by atoms with Crippen LogP contribution in [-0.2, 0) is 0 Å². The van der Waals surface area contributed by atoms with Gasteiger partial charge in [0.05, 0.1) is 12.3 Å². The van der Waals surface area contributed by atoms with Crippen LogP contribution in [-0.4, -0.2) is 22.5 Å². The average molecular weight is 430 g/mol. The third-order valence-corrected chi connectivity index (χ3v) is 5.60. The summed E-state index contributed by atoms with van der Waals surface area (Å²) in [4.78, 5) is 21.5. The normalized spacial score (nSPS) is 10.6. The van der Waals surface area contributed by atoms with Crippen molar-refractivity contribution in [2.45, 2.75) is 19.8 Å². The Morgan fingerprint density at radius 2 is 1.90 bits per heavy atom. The number of thiazole rings is 1. The Morgan fingerprint density at radius 1 is 1.06 bits per heavy atom. The summed E-state index contributed by atoms with van der Waals surface area (Å²) in [6, 6.07) is 18.8. The van der Waals surface area contributed by atoms with Crippen LogP contribution in [0.25, 0.3) is 21.8 Å². The summed E-state index contributed by atoms with van der Waals surface area (Å²) in [5.74, 6) is 0.617. The maximum atomic E-state index is 12.7. The summed E-state index contributed by atoms with van der Waals surface area (Å²) in [6.07, 6.45) is 5.66. The van der Waals surface area contributed by atoms with Crippen molar-refractivity contribution < 1.29 is 9.53 Å². The van der Waals surface area contributed by atoms with E-state index in [0.717, 1.165) is 46.1 Å². The van der Waals surface area contributed by atoms with Crippen LogP contribution in [0.4, 0.5) is 5.69 Å². The molecule has 2 heterocycles. The molecule has 0 aliphatic heterocycles. The van der Waals surface area contributed by atoms with Crippen LogP contribution in [0.1, 0.15) is 30.1 Å². The van der Waals surface area contributed by atoms with E-state index in [1.807, 2.05) is 53.9 Å². The number of ether oxygens (including phenoxy) is 1. The fourth-order valence-corrected chi connectivity index (χ4v) is 3.84. The minimum absolute atomic E-state index is 0.161. The number of aromatic nitrogens is 2. The van der Waals surface area contributed by atoms with Crippen LogP contribution in [0.5, 0.6) is 5.75 Å². The number of pyridine rings is 1. The highest BCUT2D eigenvalue weighted by Gasteiger charge is 2.10. The molecule has 0 unspecified atom stereocenters. The second-order valence-corrected chi connectivity index (χ2v) is 7.90. The summed E-state index contributed by atoms with van der Waals surface area (Å²) in [5.41, 5.74) is 4.12. The Bertz CT molecular complexity index is 1140. The van der Waals surface area contributed by atoms with Gasteiger partial charge >= 0.3 is 0 Å². The number of hydrogen-bond donors (Lipinski definition) is 1. The summed E-state index contributed by atoms with van der Waals surface area (Å²) in [6.45, 7) is 2.81. The van der Waals surface area contributed by atoms with Crippen molar-refractivity contribution in [3.63, 3.8) is 0 Å². The number of benzene rings is 2. The molecular weight excluding hydrogens is 406 g/mol. The highest BCUT2D eigenvalue weighted by molar-refractivity contribution is 7.13. The van der Waals surface area contributed by atoms with E-state index in [-0.39, 0.29) is 5.91 Å². The second-order valence-electron chi connectivity index (χ2n) is 7.04. The number of hydrogen-bond acceptors (Lipinski definition) is 5. The monoisotopic (exact) mass is 429 g/mol. The average Bonchev–Trinajstić information content (AvgIpc) is 3.31. The lowest BCUT2D eigenvalue weighted by molar-refractivity contribution is 0.102. The molecule has 6 heteroatoms. The first kappa shape index (κ1) is 20.8. The molecule has 0 bridgehead atoms. The van der Waals surface area contributed by atoms with Crippen molar-refractivity contribution in [3.05, 3.63) is 84.0 Å². The predicted molar refractivity (Wildman–Crippen MR) is 126 cm³/mol. The topological polar surface area (TPSA) is 64.1 Å². The van der Waals surface area contributed by atoms with Crippen LogP contribution in [0.3, 0.4) is 0 Å². The van der Waals surface area contributed by atoms with Gasteiger partial charge in [0.15, 0.2) is 0 Å². The van der Waals surface area contributed by atoms with Gasteiger partial charge in [0.1, 0.15) is 10.8 Å². The summed E-state index contributed by atoms with van der Waals surface area (Å²) < 4.78 is 5.66. The van der Waals surface area contributed by atoms with Gasteiger partial charge in [0.2, 0.25) is 0 Å². The van der Waals surface area contributed by atoms with Gasteiger partial charge in [-0.2, -0.15) is 0 Å². The van der Waals surface area contributed by atoms with Crippen molar-refractivity contribution in [1.29, 1.82) is 0 Å². The highest BCUT2D eigenvalue weighted by Crippen LogP contribution is 2.29. The molecule has 2 aromatic heterocycles. The van der Waals surface area contributed by atoms with Crippen molar-refractivity contribution in [2.24, 2.45) is 0 Å². The number of amides is 1. The van der Waals surface area contributed by atoms with E-state index in [9.17, 15) is 4.79 Å². The molecule has 0 spiro atoms. The van der Waals surface area contributed by atoms with Crippen LogP contribution >= 0.6 is 11.3 Å². The van der Waals surface area contributed by atoms with Crippen LogP contribution in [0.2, 0.25) is 0 Å². The van der Waals surface area contributed by atoms with Crippen molar-refractivity contribution in [1.82, 2.24) is 9.97 Å². The number of nitrogens with zero attached hydrogens (tertiary/aromatic N) is 2. The molecule has 0 fully saturated rings. The second kappa shape index (κ2) is 10.00. The van der Waals surface area contributed by atoms with E-state index in [0.29, 0.717) is 12.2 Å². The number of carbonyl (C=O) groups is 1. The molecule has 0 aliphatic rings. The van der Waals surface area contributed by atoms with Gasteiger partial charge in [-0.1, -0.05) is 25.5 Å². The molecule has 0 saturated carbocycles. The minimum atomic E-state index is -0.161. The Kier molecular flexibility index (Phi) is 6.69. The number of nitrogens with one attached hydrogen (secondary N) is 1. The molecule has 5 nitrogen and oxygen atoms in total. The SMILES string of the molecule is CCCCOc1ccc(C(=O)Nc2cccc(-c3csc(-c4cccnc4)n3)c2)cc1. The van der Waals surface area contributed by atoms with Crippen molar-refractivity contribution in [3.8, 4) is 27.6 Å². The maximum absolute atomic E-state index is 12.7. The predicted octanol–water partition coefficient (Wildman–Crippen LogP) is 6.30. The lowest BCUT2D eigenvalue weighted by atomic mass is 10.1. The highest BCUT2D eigenvalue weighted by atomic mass is 32.1. The molecule has 31 heavy (non-hydrogen) atoms. The smallest absolute Gasteiger partial charge is 0.255 e. The minimum Gasteiger partial charge on any atom is -0.494 e. The molecule has 0 aliphatic carbocycles. The van der Waals surface area contributed by atoms with E-state index in [4.69, 9.17) is 9.72 Å². The number of unbranched alkanes of at least 4 members (excludes halogenated alkanes) is 1. The third kappa shape index (κ3) is 5.35. The molecule has 0 atom stereocenters. The zero-order valence-corrected chi connectivity index (χ0v) is 18.1. The Balaban J connectivity index is 1.44. The first-order valence-corrected chi connectivity index (χ1v) is 11.1. The van der Waals surface area contributed by atoms with Gasteiger partial charge in [-0.25, -0.2) is 4.98 Å². The first-order chi connectivity index (χ1) is 15.2. The van der Waals surface area contributed by atoms with Gasteiger partial charge in [-0.15, -0.1) is 11.3 Å². The maximum Gasteiger partial charge on any atom is 0.255 e. The largest absolute Gasteiger partial charge is 0.494 e.